The first-order valence-corrected chi connectivity index (χ1v) is 10.9. The molecule has 1 saturated heterocycles. The van der Waals surface area contributed by atoms with Gasteiger partial charge in [0.1, 0.15) is 0 Å². The van der Waals surface area contributed by atoms with Crippen molar-refractivity contribution in [1.29, 1.82) is 5.26 Å². The van der Waals surface area contributed by atoms with Gasteiger partial charge in [-0.25, -0.2) is 0 Å². The Bertz CT molecular complexity index is 387. The minimum atomic E-state index is -0.0673. The fourth-order valence-corrected chi connectivity index (χ4v) is 4.43. The molecule has 0 aromatic rings. The maximum atomic E-state index is 9.62. The molecular weight excluding hydrogens is 310 g/mol. The first-order valence-electron chi connectivity index (χ1n) is 10.9. The monoisotopic (exact) mass is 349 g/mol. The number of rotatable bonds is 10. The molecule has 1 saturated carbocycles. The first-order chi connectivity index (χ1) is 12.2. The summed E-state index contributed by atoms with van der Waals surface area (Å²) in [6.45, 7) is 6.21. The fraction of sp³-hybridized carbons (Fsp3) is 0.955. The Morgan fingerprint density at radius 3 is 2.16 bits per heavy atom. The minimum Gasteiger partial charge on any atom is -0.352 e. The second-order valence-corrected chi connectivity index (χ2v) is 8.44. The van der Waals surface area contributed by atoms with Crippen LogP contribution >= 0.6 is 0 Å². The standard InChI is InChI=1S/C22H39NO2/c1-3-5-7-8-9-10-19-16-24-21(25-17-19)20-11-14-22(18-23,15-12-20)13-6-4-2/h19-21H,3-17H2,1-2H3/t19?,20-,21?,22+. The van der Waals surface area contributed by atoms with Crippen LogP contribution in [-0.2, 0) is 9.47 Å². The van der Waals surface area contributed by atoms with E-state index in [1.54, 1.807) is 0 Å². The van der Waals surface area contributed by atoms with Crippen molar-refractivity contribution < 1.29 is 9.47 Å². The molecule has 2 aliphatic rings. The van der Waals surface area contributed by atoms with Crippen LogP contribution < -0.4 is 0 Å². The summed E-state index contributed by atoms with van der Waals surface area (Å²) in [5.41, 5.74) is -0.0673. The highest BCUT2D eigenvalue weighted by Gasteiger charge is 2.39. The Kier molecular flexibility index (Phi) is 9.28. The molecule has 3 heteroatoms. The van der Waals surface area contributed by atoms with E-state index in [4.69, 9.17) is 9.47 Å². The third kappa shape index (κ3) is 6.57. The van der Waals surface area contributed by atoms with Crippen molar-refractivity contribution in [2.45, 2.75) is 104 Å². The van der Waals surface area contributed by atoms with Crippen molar-refractivity contribution in [2.24, 2.45) is 17.3 Å². The van der Waals surface area contributed by atoms with Gasteiger partial charge in [0, 0.05) is 11.8 Å². The van der Waals surface area contributed by atoms with Crippen molar-refractivity contribution in [3.05, 3.63) is 0 Å². The van der Waals surface area contributed by atoms with Gasteiger partial charge in [0.25, 0.3) is 0 Å². The number of ether oxygens (including phenoxy) is 2. The molecule has 25 heavy (non-hydrogen) atoms. The Balaban J connectivity index is 1.64. The van der Waals surface area contributed by atoms with Crippen molar-refractivity contribution in [2.75, 3.05) is 13.2 Å². The first kappa shape index (κ1) is 20.7. The third-order valence-electron chi connectivity index (χ3n) is 6.33. The molecule has 0 atom stereocenters. The summed E-state index contributed by atoms with van der Waals surface area (Å²) in [6, 6.07) is 2.64. The van der Waals surface area contributed by atoms with Crippen molar-refractivity contribution in [1.82, 2.24) is 0 Å². The summed E-state index contributed by atoms with van der Waals surface area (Å²) < 4.78 is 12.2. The van der Waals surface area contributed by atoms with Gasteiger partial charge in [-0.05, 0) is 38.5 Å². The van der Waals surface area contributed by atoms with E-state index < -0.39 is 0 Å². The normalized spacial score (nSPS) is 33.1. The van der Waals surface area contributed by atoms with Gasteiger partial charge in [-0.1, -0.05) is 58.8 Å². The van der Waals surface area contributed by atoms with Crippen LogP contribution in [0.2, 0.25) is 0 Å². The minimum absolute atomic E-state index is 0.0146. The van der Waals surface area contributed by atoms with Gasteiger partial charge in [0.15, 0.2) is 6.29 Å². The van der Waals surface area contributed by atoms with Gasteiger partial charge in [-0.2, -0.15) is 5.26 Å². The summed E-state index contributed by atoms with van der Waals surface area (Å²) in [5, 5.41) is 9.62. The van der Waals surface area contributed by atoms with Crippen LogP contribution in [0.25, 0.3) is 0 Å². The zero-order valence-corrected chi connectivity index (χ0v) is 16.6. The molecule has 144 valence electrons. The zero-order valence-electron chi connectivity index (χ0n) is 16.6. The van der Waals surface area contributed by atoms with E-state index in [1.165, 1.54) is 51.4 Å². The molecule has 0 aromatic heterocycles. The molecule has 1 aliphatic carbocycles. The highest BCUT2D eigenvalue weighted by atomic mass is 16.7. The summed E-state index contributed by atoms with van der Waals surface area (Å²) in [5.74, 6) is 1.08. The second-order valence-electron chi connectivity index (χ2n) is 8.44. The zero-order chi connectivity index (χ0) is 18.0. The molecule has 1 heterocycles. The average molecular weight is 350 g/mol. The second kappa shape index (κ2) is 11.2. The van der Waals surface area contributed by atoms with Crippen LogP contribution in [0.3, 0.4) is 0 Å². The summed E-state index contributed by atoms with van der Waals surface area (Å²) in [6.07, 6.45) is 15.6. The van der Waals surface area contributed by atoms with E-state index in [-0.39, 0.29) is 11.7 Å². The van der Waals surface area contributed by atoms with Crippen LogP contribution in [0.5, 0.6) is 0 Å². The molecule has 2 rings (SSSR count). The third-order valence-corrected chi connectivity index (χ3v) is 6.33. The predicted octanol–water partition coefficient (Wildman–Crippen LogP) is 6.23. The fourth-order valence-electron chi connectivity index (χ4n) is 4.43. The van der Waals surface area contributed by atoms with Gasteiger partial charge in [0.2, 0.25) is 0 Å². The lowest BCUT2D eigenvalue weighted by Crippen LogP contribution is -2.40. The Morgan fingerprint density at radius 2 is 1.56 bits per heavy atom. The number of hydrogen-bond donors (Lipinski definition) is 0. The summed E-state index contributed by atoms with van der Waals surface area (Å²) in [4.78, 5) is 0. The molecule has 0 bridgehead atoms. The average Bonchev–Trinajstić information content (AvgIpc) is 2.67. The Labute approximate surface area is 155 Å². The van der Waals surface area contributed by atoms with Gasteiger partial charge in [-0.15, -0.1) is 0 Å². The van der Waals surface area contributed by atoms with Crippen LogP contribution in [-0.4, -0.2) is 19.5 Å². The molecule has 0 amide bonds. The number of nitrogens with zero attached hydrogens (tertiary/aromatic N) is 1. The highest BCUT2D eigenvalue weighted by molar-refractivity contribution is 5.01. The summed E-state index contributed by atoms with van der Waals surface area (Å²) >= 11 is 0. The van der Waals surface area contributed by atoms with Crippen LogP contribution in [0.4, 0.5) is 0 Å². The van der Waals surface area contributed by atoms with Gasteiger partial charge in [-0.3, -0.25) is 0 Å². The van der Waals surface area contributed by atoms with Gasteiger partial charge in [0.05, 0.1) is 24.7 Å². The molecule has 3 nitrogen and oxygen atoms in total. The van der Waals surface area contributed by atoms with Crippen molar-refractivity contribution in [3.63, 3.8) is 0 Å². The van der Waals surface area contributed by atoms with Crippen LogP contribution in [0.1, 0.15) is 97.3 Å². The van der Waals surface area contributed by atoms with E-state index in [0.717, 1.165) is 45.3 Å². The molecule has 2 fully saturated rings. The van der Waals surface area contributed by atoms with E-state index in [2.05, 4.69) is 19.9 Å². The van der Waals surface area contributed by atoms with E-state index in [1.807, 2.05) is 0 Å². The topological polar surface area (TPSA) is 42.2 Å². The number of hydrogen-bond acceptors (Lipinski definition) is 3. The van der Waals surface area contributed by atoms with Crippen LogP contribution in [0.15, 0.2) is 0 Å². The SMILES string of the molecule is CCCCCCCC1COC([C@H]2CC[C@](C#N)(CCCC)CC2)OC1. The van der Waals surface area contributed by atoms with E-state index in [0.29, 0.717) is 11.8 Å². The maximum absolute atomic E-state index is 9.62. The highest BCUT2D eigenvalue weighted by Crippen LogP contribution is 2.44. The molecule has 0 radical (unpaired) electrons. The van der Waals surface area contributed by atoms with Gasteiger partial charge >= 0.3 is 0 Å². The lowest BCUT2D eigenvalue weighted by Gasteiger charge is -2.40. The smallest absolute Gasteiger partial charge is 0.160 e. The summed E-state index contributed by atoms with van der Waals surface area (Å²) in [7, 11) is 0. The molecule has 1 aliphatic heterocycles. The maximum Gasteiger partial charge on any atom is 0.160 e. The largest absolute Gasteiger partial charge is 0.352 e. The molecule has 0 N–H and O–H groups in total. The predicted molar refractivity (Wildman–Crippen MR) is 102 cm³/mol. The number of nitriles is 1. The lowest BCUT2D eigenvalue weighted by atomic mass is 9.68. The molecule has 0 aromatic carbocycles. The van der Waals surface area contributed by atoms with Crippen molar-refractivity contribution >= 4 is 0 Å². The van der Waals surface area contributed by atoms with Gasteiger partial charge < -0.3 is 9.47 Å². The molecule has 0 spiro atoms. The van der Waals surface area contributed by atoms with E-state index >= 15 is 0 Å². The van der Waals surface area contributed by atoms with Crippen LogP contribution in [0, 0.1) is 28.6 Å². The molecule has 0 unspecified atom stereocenters. The molecular formula is C22H39NO2. The van der Waals surface area contributed by atoms with E-state index in [9.17, 15) is 5.26 Å². The Morgan fingerprint density at radius 1 is 0.920 bits per heavy atom. The van der Waals surface area contributed by atoms with Crippen molar-refractivity contribution in [3.8, 4) is 6.07 Å². The quantitative estimate of drug-likeness (QED) is 0.439. The lowest BCUT2D eigenvalue weighted by molar-refractivity contribution is -0.231. The Hall–Kier alpha value is -0.590. The number of unbranched alkanes of at least 4 members (excludes halogenated alkanes) is 5.